The molecule has 2 aromatic heterocycles. The number of alkyl carbamates (subject to hydrolysis) is 1. The lowest BCUT2D eigenvalue weighted by Crippen LogP contribution is -2.34. The standard InChI is InChI=1S/C33H39N7O4/c1-43-30(41)8-5-18-39-16-3-6-28(39)31-35-24-13-11-22(20-26(24)37-31)9-10-23-12-14-25-27(21-23)38-32(36-25)29-7-4-17-40(29)19-15-34-33(42)44-2/h11-14,20-21,28-29H,3-8,15-19H2,1-2H3,(H,34,42)(H,35,37)(H,36,38)/t28?,29-/m0/s1. The van der Waals surface area contributed by atoms with Crippen molar-refractivity contribution in [1.29, 1.82) is 0 Å². The highest BCUT2D eigenvalue weighted by atomic mass is 16.5. The first-order valence-electron chi connectivity index (χ1n) is 15.4. The number of hydrogen-bond acceptors (Lipinski definition) is 8. The van der Waals surface area contributed by atoms with Gasteiger partial charge in [-0.15, -0.1) is 0 Å². The third kappa shape index (κ3) is 6.72. The summed E-state index contributed by atoms with van der Waals surface area (Å²) in [5, 5.41) is 2.76. The Labute approximate surface area is 256 Å². The van der Waals surface area contributed by atoms with Gasteiger partial charge in [0.05, 0.1) is 48.4 Å². The summed E-state index contributed by atoms with van der Waals surface area (Å²) in [7, 11) is 2.81. The third-order valence-corrected chi connectivity index (χ3v) is 8.62. The number of ether oxygens (including phenoxy) is 2. The minimum Gasteiger partial charge on any atom is -0.469 e. The smallest absolute Gasteiger partial charge is 0.406 e. The summed E-state index contributed by atoms with van der Waals surface area (Å²) in [4.78, 5) is 44.5. The fourth-order valence-corrected chi connectivity index (χ4v) is 6.38. The molecule has 0 spiro atoms. The van der Waals surface area contributed by atoms with Crippen LogP contribution < -0.4 is 5.32 Å². The van der Waals surface area contributed by atoms with E-state index in [9.17, 15) is 9.59 Å². The van der Waals surface area contributed by atoms with E-state index in [0.717, 1.165) is 103 Å². The van der Waals surface area contributed by atoms with Gasteiger partial charge in [-0.3, -0.25) is 14.6 Å². The SMILES string of the molecule is COC(=O)CCCN1CCCC1c1nc2ccc(C#Cc3ccc4nc([C@@H]5CCCN5CCNC(=O)OC)[nH]c4c3)cc2[nH]1. The maximum atomic E-state index is 11.5. The van der Waals surface area contributed by atoms with E-state index in [1.54, 1.807) is 0 Å². The molecular weight excluding hydrogens is 558 g/mol. The van der Waals surface area contributed by atoms with Crippen molar-refractivity contribution < 1.29 is 19.1 Å². The van der Waals surface area contributed by atoms with Gasteiger partial charge in [0, 0.05) is 30.6 Å². The van der Waals surface area contributed by atoms with Crippen molar-refractivity contribution in [1.82, 2.24) is 35.1 Å². The molecule has 6 rings (SSSR count). The van der Waals surface area contributed by atoms with E-state index in [1.165, 1.54) is 14.2 Å². The van der Waals surface area contributed by atoms with E-state index in [0.29, 0.717) is 13.0 Å². The molecule has 230 valence electrons. The second-order valence-corrected chi connectivity index (χ2v) is 11.4. The van der Waals surface area contributed by atoms with E-state index >= 15 is 0 Å². The number of likely N-dealkylation sites (tertiary alicyclic amines) is 2. The molecule has 2 fully saturated rings. The highest BCUT2D eigenvalue weighted by molar-refractivity contribution is 5.78. The summed E-state index contributed by atoms with van der Waals surface area (Å²) in [6.07, 6.45) is 5.09. The number of esters is 1. The number of carbonyl (C=O) groups is 2. The van der Waals surface area contributed by atoms with Crippen molar-refractivity contribution in [2.24, 2.45) is 0 Å². The van der Waals surface area contributed by atoms with Gasteiger partial charge in [0.1, 0.15) is 11.6 Å². The molecule has 2 aromatic carbocycles. The molecule has 11 heteroatoms. The van der Waals surface area contributed by atoms with Crippen molar-refractivity contribution in [3.05, 3.63) is 59.2 Å². The molecule has 2 atom stereocenters. The number of fused-ring (bicyclic) bond motifs is 2. The summed E-state index contributed by atoms with van der Waals surface area (Å²) in [6.45, 7) is 4.11. The number of hydrogen-bond donors (Lipinski definition) is 3. The van der Waals surface area contributed by atoms with Crippen molar-refractivity contribution in [3.63, 3.8) is 0 Å². The number of H-pyrrole nitrogens is 2. The molecule has 11 nitrogen and oxygen atoms in total. The Hall–Kier alpha value is -4.40. The lowest BCUT2D eigenvalue weighted by molar-refractivity contribution is -0.140. The molecule has 4 heterocycles. The molecule has 0 aliphatic carbocycles. The molecule has 2 saturated heterocycles. The second-order valence-electron chi connectivity index (χ2n) is 11.4. The third-order valence-electron chi connectivity index (χ3n) is 8.62. The molecule has 2 aliphatic rings. The second kappa shape index (κ2) is 13.5. The van der Waals surface area contributed by atoms with Crippen LogP contribution in [-0.4, -0.2) is 88.7 Å². The topological polar surface area (TPSA) is 128 Å². The van der Waals surface area contributed by atoms with Gasteiger partial charge >= 0.3 is 12.1 Å². The first-order chi connectivity index (χ1) is 21.5. The van der Waals surface area contributed by atoms with E-state index in [1.807, 2.05) is 24.3 Å². The van der Waals surface area contributed by atoms with Crippen LogP contribution in [0.25, 0.3) is 22.1 Å². The number of carbonyl (C=O) groups excluding carboxylic acids is 2. The predicted octanol–water partition coefficient (Wildman–Crippen LogP) is 4.42. The van der Waals surface area contributed by atoms with Gasteiger partial charge in [-0.25, -0.2) is 14.8 Å². The van der Waals surface area contributed by atoms with Crippen LogP contribution in [0.3, 0.4) is 0 Å². The Bertz CT molecular complexity index is 1580. The minimum atomic E-state index is -0.409. The number of imidazole rings is 2. The number of rotatable bonds is 9. The molecular formula is C33H39N7O4. The average Bonchev–Trinajstić information content (AvgIpc) is 3.84. The largest absolute Gasteiger partial charge is 0.469 e. The number of aromatic amines is 2. The molecule has 0 bridgehead atoms. The Morgan fingerprint density at radius 3 is 1.98 bits per heavy atom. The Morgan fingerprint density at radius 2 is 1.43 bits per heavy atom. The molecule has 2 aliphatic heterocycles. The van der Waals surface area contributed by atoms with Gasteiger partial charge in [-0.05, 0) is 88.1 Å². The Balaban J connectivity index is 1.12. The average molecular weight is 598 g/mol. The van der Waals surface area contributed by atoms with Gasteiger partial charge in [0.15, 0.2) is 0 Å². The van der Waals surface area contributed by atoms with Crippen LogP contribution in [0.15, 0.2) is 36.4 Å². The van der Waals surface area contributed by atoms with Crippen LogP contribution in [0.4, 0.5) is 4.79 Å². The van der Waals surface area contributed by atoms with Gasteiger partial charge in [0.2, 0.25) is 0 Å². The summed E-state index contributed by atoms with van der Waals surface area (Å²) >= 11 is 0. The maximum absolute atomic E-state index is 11.5. The van der Waals surface area contributed by atoms with Crippen LogP contribution in [0.5, 0.6) is 0 Å². The van der Waals surface area contributed by atoms with Crippen molar-refractivity contribution >= 4 is 34.1 Å². The number of methoxy groups -OCH3 is 2. The van der Waals surface area contributed by atoms with E-state index in [2.05, 4.69) is 53.8 Å². The number of nitrogens with zero attached hydrogens (tertiary/aromatic N) is 4. The first-order valence-corrected chi connectivity index (χ1v) is 15.4. The van der Waals surface area contributed by atoms with Gasteiger partial charge in [0.25, 0.3) is 0 Å². The molecule has 0 radical (unpaired) electrons. The fraction of sp³-hybridized carbons (Fsp3) is 0.455. The number of amides is 1. The summed E-state index contributed by atoms with van der Waals surface area (Å²) < 4.78 is 9.45. The highest BCUT2D eigenvalue weighted by Gasteiger charge is 2.29. The highest BCUT2D eigenvalue weighted by Crippen LogP contribution is 2.32. The minimum absolute atomic E-state index is 0.161. The van der Waals surface area contributed by atoms with Gasteiger partial charge < -0.3 is 24.8 Å². The molecule has 3 N–H and O–H groups in total. The van der Waals surface area contributed by atoms with Gasteiger partial charge in [-0.1, -0.05) is 11.8 Å². The quantitative estimate of drug-likeness (QED) is 0.191. The molecule has 4 aromatic rings. The fourth-order valence-electron chi connectivity index (χ4n) is 6.38. The van der Waals surface area contributed by atoms with Crippen LogP contribution >= 0.6 is 0 Å². The summed E-state index contributed by atoms with van der Waals surface area (Å²) in [5.41, 5.74) is 5.62. The van der Waals surface area contributed by atoms with E-state index in [-0.39, 0.29) is 18.1 Å². The van der Waals surface area contributed by atoms with Crippen LogP contribution in [0.1, 0.15) is 73.4 Å². The molecule has 44 heavy (non-hydrogen) atoms. The molecule has 1 amide bonds. The van der Waals surface area contributed by atoms with Crippen LogP contribution in [0.2, 0.25) is 0 Å². The maximum Gasteiger partial charge on any atom is 0.406 e. The van der Waals surface area contributed by atoms with Crippen LogP contribution in [0, 0.1) is 11.8 Å². The normalized spacial score (nSPS) is 18.9. The molecule has 0 saturated carbocycles. The summed E-state index contributed by atoms with van der Waals surface area (Å²) in [6, 6.07) is 12.6. The van der Waals surface area contributed by atoms with Crippen molar-refractivity contribution in [2.75, 3.05) is 46.9 Å². The molecule has 1 unspecified atom stereocenters. The Kier molecular flexibility index (Phi) is 9.09. The van der Waals surface area contributed by atoms with E-state index in [4.69, 9.17) is 14.7 Å². The van der Waals surface area contributed by atoms with Crippen molar-refractivity contribution in [3.8, 4) is 11.8 Å². The zero-order chi connectivity index (χ0) is 30.5. The lowest BCUT2D eigenvalue weighted by atomic mass is 10.1. The van der Waals surface area contributed by atoms with Gasteiger partial charge in [-0.2, -0.15) is 0 Å². The monoisotopic (exact) mass is 597 g/mol. The number of aromatic nitrogens is 4. The Morgan fingerprint density at radius 1 is 0.864 bits per heavy atom. The number of benzene rings is 2. The summed E-state index contributed by atoms with van der Waals surface area (Å²) in [5.74, 6) is 8.39. The van der Waals surface area contributed by atoms with Crippen molar-refractivity contribution in [2.45, 2.75) is 50.6 Å². The van der Waals surface area contributed by atoms with E-state index < -0.39 is 6.09 Å². The zero-order valence-electron chi connectivity index (χ0n) is 25.3. The number of nitrogens with one attached hydrogen (secondary N) is 3. The first kappa shape index (κ1) is 29.7. The van der Waals surface area contributed by atoms with Crippen LogP contribution in [-0.2, 0) is 14.3 Å². The zero-order valence-corrected chi connectivity index (χ0v) is 25.3. The lowest BCUT2D eigenvalue weighted by Gasteiger charge is -2.22. The predicted molar refractivity (Wildman–Crippen MR) is 167 cm³/mol.